The molecule has 1 amide bonds. The Kier molecular flexibility index (Phi) is 12.1. The highest BCUT2D eigenvalue weighted by Gasteiger charge is 2.19. The summed E-state index contributed by atoms with van der Waals surface area (Å²) >= 11 is 7.55. The van der Waals surface area contributed by atoms with Gasteiger partial charge in [0, 0.05) is 61.8 Å². The largest absolute Gasteiger partial charge is 0.336 e. The Bertz CT molecular complexity index is 1800. The van der Waals surface area contributed by atoms with Crippen molar-refractivity contribution in [2.75, 3.05) is 26.2 Å². The van der Waals surface area contributed by atoms with Crippen LogP contribution in [0.15, 0.2) is 107 Å². The van der Waals surface area contributed by atoms with Gasteiger partial charge < -0.3 is 14.4 Å². The molecule has 0 spiro atoms. The summed E-state index contributed by atoms with van der Waals surface area (Å²) in [6, 6.07) is 26.2. The van der Waals surface area contributed by atoms with Gasteiger partial charge in [-0.3, -0.25) is 14.3 Å². The highest BCUT2D eigenvalue weighted by atomic mass is 35.5. The van der Waals surface area contributed by atoms with Gasteiger partial charge in [-0.25, -0.2) is 0 Å². The molecule has 0 atom stereocenters. The first kappa shape index (κ1) is 34.2. The maximum atomic E-state index is 14.2. The van der Waals surface area contributed by atoms with Crippen LogP contribution in [0.25, 0.3) is 11.1 Å². The van der Waals surface area contributed by atoms with Gasteiger partial charge in [-0.2, -0.15) is 10.1 Å². The molecule has 0 saturated carbocycles. The molecule has 0 aliphatic carbocycles. The first-order valence-electron chi connectivity index (χ1n) is 15.9. The molecule has 2 aromatic heterocycles. The van der Waals surface area contributed by atoms with Gasteiger partial charge in [0.15, 0.2) is 5.16 Å². The molecule has 0 unspecified atom stereocenters. The number of hydrogen-bond donors (Lipinski definition) is 0. The maximum absolute atomic E-state index is 14.2. The summed E-state index contributed by atoms with van der Waals surface area (Å²) in [4.78, 5) is 36.1. The summed E-state index contributed by atoms with van der Waals surface area (Å²) < 4.78 is 3.56. The van der Waals surface area contributed by atoms with Crippen LogP contribution in [0, 0.1) is 0 Å². The lowest BCUT2D eigenvalue weighted by Gasteiger charge is -2.27. The highest BCUT2D eigenvalue weighted by molar-refractivity contribution is 7.98. The van der Waals surface area contributed by atoms with E-state index in [1.165, 1.54) is 11.8 Å². The SMILES string of the molecule is CCN(CC)CCN(Cc1ccc(-c2ccc(Cl)cc2)cc1)C(=O)Cn1cc(Cc2cnn(C)c2)c(=O)nc1SCc1ccccc1. The van der Waals surface area contributed by atoms with E-state index in [0.29, 0.717) is 41.0 Å². The summed E-state index contributed by atoms with van der Waals surface area (Å²) in [6.07, 6.45) is 5.83. The molecule has 244 valence electrons. The molecule has 5 aromatic rings. The molecular formula is C37H41ClN6O2S. The Morgan fingerprint density at radius 2 is 1.53 bits per heavy atom. The Labute approximate surface area is 286 Å². The molecule has 3 aromatic carbocycles. The number of nitrogens with zero attached hydrogens (tertiary/aromatic N) is 6. The maximum Gasteiger partial charge on any atom is 0.277 e. The molecule has 0 aliphatic heterocycles. The Hall–Kier alpha value is -4.18. The minimum absolute atomic E-state index is 0.0294. The number of carbonyl (C=O) groups excluding carboxylic acids is 1. The molecule has 47 heavy (non-hydrogen) atoms. The normalized spacial score (nSPS) is 11.3. The minimum Gasteiger partial charge on any atom is -0.336 e. The predicted octanol–water partition coefficient (Wildman–Crippen LogP) is 6.55. The average Bonchev–Trinajstić information content (AvgIpc) is 3.50. The van der Waals surface area contributed by atoms with E-state index in [4.69, 9.17) is 11.6 Å². The molecule has 2 heterocycles. The zero-order valence-electron chi connectivity index (χ0n) is 27.2. The second kappa shape index (κ2) is 16.6. The average molecular weight is 669 g/mol. The first-order chi connectivity index (χ1) is 22.8. The molecule has 0 fully saturated rings. The van der Waals surface area contributed by atoms with Crippen LogP contribution in [-0.2, 0) is 37.1 Å². The molecule has 0 radical (unpaired) electrons. The molecule has 5 rings (SSSR count). The third kappa shape index (κ3) is 9.67. The van der Waals surface area contributed by atoms with Crippen LogP contribution in [0.3, 0.4) is 0 Å². The molecule has 0 saturated heterocycles. The van der Waals surface area contributed by atoms with E-state index >= 15 is 0 Å². The summed E-state index contributed by atoms with van der Waals surface area (Å²) in [5.41, 5.74) is 5.50. The van der Waals surface area contributed by atoms with Crippen molar-refractivity contribution >= 4 is 29.3 Å². The third-order valence-corrected chi connectivity index (χ3v) is 9.45. The summed E-state index contributed by atoms with van der Waals surface area (Å²) in [5.74, 6) is 0.605. The van der Waals surface area contributed by atoms with Gasteiger partial charge in [0.25, 0.3) is 5.56 Å². The number of amides is 1. The lowest BCUT2D eigenvalue weighted by Crippen LogP contribution is -2.40. The van der Waals surface area contributed by atoms with Crippen molar-refractivity contribution in [2.45, 2.75) is 44.3 Å². The van der Waals surface area contributed by atoms with Crippen molar-refractivity contribution in [1.82, 2.24) is 29.1 Å². The minimum atomic E-state index is -0.285. The van der Waals surface area contributed by atoms with Gasteiger partial charge in [0.05, 0.1) is 6.20 Å². The molecular weight excluding hydrogens is 628 g/mol. The zero-order valence-corrected chi connectivity index (χ0v) is 28.8. The Morgan fingerprint density at radius 1 is 0.851 bits per heavy atom. The fourth-order valence-electron chi connectivity index (χ4n) is 5.38. The molecule has 10 heteroatoms. The van der Waals surface area contributed by atoms with Crippen LogP contribution in [0.5, 0.6) is 0 Å². The van der Waals surface area contributed by atoms with Crippen LogP contribution >= 0.6 is 23.4 Å². The summed E-state index contributed by atoms with van der Waals surface area (Å²) in [6.45, 7) is 8.00. The van der Waals surface area contributed by atoms with Gasteiger partial charge in [0.2, 0.25) is 5.91 Å². The van der Waals surface area contributed by atoms with Crippen molar-refractivity contribution < 1.29 is 4.79 Å². The van der Waals surface area contributed by atoms with E-state index in [-0.39, 0.29) is 18.0 Å². The van der Waals surface area contributed by atoms with E-state index in [9.17, 15) is 9.59 Å². The van der Waals surface area contributed by atoms with Crippen molar-refractivity contribution in [1.29, 1.82) is 0 Å². The summed E-state index contributed by atoms with van der Waals surface area (Å²) in [5, 5.41) is 5.48. The first-order valence-corrected chi connectivity index (χ1v) is 17.3. The number of halogens is 1. The summed E-state index contributed by atoms with van der Waals surface area (Å²) in [7, 11) is 1.85. The van der Waals surface area contributed by atoms with Crippen molar-refractivity contribution in [2.24, 2.45) is 7.05 Å². The van der Waals surface area contributed by atoms with Gasteiger partial charge in [0.1, 0.15) is 6.54 Å². The van der Waals surface area contributed by atoms with Crippen LogP contribution in [-0.4, -0.2) is 61.2 Å². The lowest BCUT2D eigenvalue weighted by molar-refractivity contribution is -0.132. The van der Waals surface area contributed by atoms with Crippen LogP contribution in [0.1, 0.15) is 36.1 Å². The van der Waals surface area contributed by atoms with Gasteiger partial charge in [-0.1, -0.05) is 104 Å². The van der Waals surface area contributed by atoms with E-state index in [0.717, 1.165) is 47.5 Å². The van der Waals surface area contributed by atoms with E-state index in [2.05, 4.69) is 53.1 Å². The molecule has 0 aliphatic rings. The van der Waals surface area contributed by atoms with E-state index in [1.807, 2.05) is 77.3 Å². The van der Waals surface area contributed by atoms with Crippen molar-refractivity contribution in [3.8, 4) is 11.1 Å². The fraction of sp³-hybridized carbons (Fsp3) is 0.297. The van der Waals surface area contributed by atoms with Crippen LogP contribution in [0.2, 0.25) is 5.02 Å². The number of likely N-dealkylation sites (N-methyl/N-ethyl adjacent to an activating group) is 1. The number of carbonyl (C=O) groups is 1. The van der Waals surface area contributed by atoms with Crippen molar-refractivity contribution in [3.05, 3.63) is 135 Å². The van der Waals surface area contributed by atoms with E-state index < -0.39 is 0 Å². The lowest BCUT2D eigenvalue weighted by atomic mass is 10.0. The molecule has 0 bridgehead atoms. The number of aryl methyl sites for hydroxylation is 1. The smallest absolute Gasteiger partial charge is 0.277 e. The topological polar surface area (TPSA) is 76.3 Å². The van der Waals surface area contributed by atoms with Gasteiger partial charge >= 0.3 is 0 Å². The van der Waals surface area contributed by atoms with Crippen LogP contribution < -0.4 is 5.56 Å². The number of thioether (sulfide) groups is 1. The predicted molar refractivity (Wildman–Crippen MR) is 191 cm³/mol. The third-order valence-electron chi connectivity index (χ3n) is 8.14. The number of rotatable bonds is 15. The van der Waals surface area contributed by atoms with E-state index in [1.54, 1.807) is 17.1 Å². The number of aromatic nitrogens is 4. The monoisotopic (exact) mass is 668 g/mol. The second-order valence-corrected chi connectivity index (χ2v) is 12.9. The Balaban J connectivity index is 1.40. The second-order valence-electron chi connectivity index (χ2n) is 11.5. The van der Waals surface area contributed by atoms with Crippen molar-refractivity contribution in [3.63, 3.8) is 0 Å². The number of benzene rings is 3. The molecule has 8 nitrogen and oxygen atoms in total. The molecule has 0 N–H and O–H groups in total. The quantitative estimate of drug-likeness (QED) is 0.0931. The fourth-order valence-corrected chi connectivity index (χ4v) is 6.43. The Morgan fingerprint density at radius 3 is 2.17 bits per heavy atom. The van der Waals surface area contributed by atoms with Gasteiger partial charge in [-0.05, 0) is 53.0 Å². The van der Waals surface area contributed by atoms with Gasteiger partial charge in [-0.15, -0.1) is 0 Å². The standard InChI is InChI=1S/C37H41ClN6O2S/c1-4-42(5-2)19-20-43(24-28-11-13-31(14-12-28)32-15-17-34(38)18-16-32)35(45)26-44-25-33(21-30-22-39-41(3)23-30)36(46)40-37(44)47-27-29-9-7-6-8-10-29/h6-18,22-23,25H,4-5,19-21,24,26-27H2,1-3H3. The van der Waals surface area contributed by atoms with Crippen LogP contribution in [0.4, 0.5) is 0 Å². The zero-order chi connectivity index (χ0) is 33.2. The highest BCUT2D eigenvalue weighted by Crippen LogP contribution is 2.24. The number of hydrogen-bond acceptors (Lipinski definition) is 6.